The maximum absolute atomic E-state index is 14.7. The second-order valence-electron chi connectivity index (χ2n) is 15.6. The summed E-state index contributed by atoms with van der Waals surface area (Å²) in [5, 5.41) is 4.24. The monoisotopic (exact) mass is 789 g/mol. The van der Waals surface area contributed by atoms with Crippen molar-refractivity contribution in [2.24, 2.45) is 11.8 Å². The van der Waals surface area contributed by atoms with E-state index in [1.165, 1.54) is 16.2 Å². The Hall–Kier alpha value is -4.37. The van der Waals surface area contributed by atoms with E-state index in [4.69, 9.17) is 19.4 Å². The molecule has 2 N–H and O–H groups in total. The van der Waals surface area contributed by atoms with Gasteiger partial charge < -0.3 is 19.7 Å². The molecule has 0 bridgehead atoms. The van der Waals surface area contributed by atoms with Gasteiger partial charge in [-0.05, 0) is 87.8 Å². The molecule has 0 spiro atoms. The highest BCUT2D eigenvalue weighted by Gasteiger charge is 2.62. The summed E-state index contributed by atoms with van der Waals surface area (Å²) in [6.07, 6.45) is 11.4. The van der Waals surface area contributed by atoms with Gasteiger partial charge in [0.25, 0.3) is 5.91 Å². The van der Waals surface area contributed by atoms with Crippen LogP contribution in [0.15, 0.2) is 53.9 Å². The molecule has 0 unspecified atom stereocenters. The largest absolute Gasteiger partial charge is 0.471 e. The van der Waals surface area contributed by atoms with E-state index < -0.39 is 62.6 Å². The van der Waals surface area contributed by atoms with Gasteiger partial charge >= 0.3 is 5.97 Å². The van der Waals surface area contributed by atoms with Crippen LogP contribution in [0.25, 0.3) is 21.6 Å². The standard InChI is InChI=1S/C40H47N5O8S2/c46-34(52-27-13-6-7-14-27)21-25-11-4-2-1-3-5-12-26-23-40(26,39(49)44-55(50,51)29-18-19-29)43-36(47)32-22-28(24-45(32)38(25)48)53-37-35(33-17-10-20-54-33)41-30-15-8-9-16-31(30)42-37/h5,8-10,12,15-17,20,25-29,32H,1-4,6-7,11,13-14,18-19,21-24H2,(H,43,47)(H,44,49)/b12-5-/t25-,26-,28-,32+,40-/m1/s1. The fraction of sp³-hybridized carbons (Fsp3) is 0.550. The Morgan fingerprint density at radius 1 is 0.945 bits per heavy atom. The Morgan fingerprint density at radius 2 is 1.71 bits per heavy atom. The summed E-state index contributed by atoms with van der Waals surface area (Å²) in [7, 11) is -3.88. The predicted octanol–water partition coefficient (Wildman–Crippen LogP) is 5.20. The molecule has 1 aromatic carbocycles. The number of para-hydroxylation sites is 2. The number of benzene rings is 1. The average Bonchev–Trinajstić information content (AvgIpc) is 3.90. The predicted molar refractivity (Wildman–Crippen MR) is 205 cm³/mol. The van der Waals surface area contributed by atoms with Gasteiger partial charge in [-0.25, -0.2) is 18.4 Å². The van der Waals surface area contributed by atoms with Crippen LogP contribution in [0.2, 0.25) is 0 Å². The van der Waals surface area contributed by atoms with Crippen LogP contribution >= 0.6 is 11.3 Å². The number of carbonyl (C=O) groups is 4. The van der Waals surface area contributed by atoms with Gasteiger partial charge in [0.1, 0.15) is 29.5 Å². The van der Waals surface area contributed by atoms with Gasteiger partial charge in [-0.1, -0.05) is 43.2 Å². The number of ether oxygens (including phenoxy) is 2. The molecule has 1 saturated heterocycles. The van der Waals surface area contributed by atoms with Gasteiger partial charge in [-0.2, -0.15) is 0 Å². The molecule has 5 aliphatic rings. The number of thiophene rings is 1. The Labute approximate surface area is 324 Å². The number of amides is 3. The molecule has 5 atom stereocenters. The fourth-order valence-corrected chi connectivity index (χ4v) is 10.3. The molecule has 3 amide bonds. The lowest BCUT2D eigenvalue weighted by Gasteiger charge is -2.29. The molecule has 4 fully saturated rings. The molecule has 292 valence electrons. The Balaban J connectivity index is 1.10. The topological polar surface area (TPSA) is 174 Å². The van der Waals surface area contributed by atoms with Gasteiger partial charge in [0.05, 0.1) is 34.1 Å². The number of allylic oxidation sites excluding steroid dienone is 1. The zero-order valence-corrected chi connectivity index (χ0v) is 32.3. The van der Waals surface area contributed by atoms with Crippen molar-refractivity contribution in [3.05, 3.63) is 53.9 Å². The highest BCUT2D eigenvalue weighted by atomic mass is 32.2. The van der Waals surface area contributed by atoms with E-state index in [1.807, 2.05) is 53.9 Å². The van der Waals surface area contributed by atoms with Crippen molar-refractivity contribution in [3.8, 4) is 16.5 Å². The summed E-state index contributed by atoms with van der Waals surface area (Å²) in [4.78, 5) is 68.2. The molecule has 2 aliphatic heterocycles. The van der Waals surface area contributed by atoms with Gasteiger partial charge in [-0.15, -0.1) is 11.3 Å². The van der Waals surface area contributed by atoms with Crippen molar-refractivity contribution in [1.29, 1.82) is 0 Å². The van der Waals surface area contributed by atoms with Crippen LogP contribution in [-0.2, 0) is 33.9 Å². The lowest BCUT2D eigenvalue weighted by Crippen LogP contribution is -2.57. The number of aromatic nitrogens is 2. The Morgan fingerprint density at radius 3 is 2.45 bits per heavy atom. The van der Waals surface area contributed by atoms with Gasteiger partial charge in [0, 0.05) is 18.3 Å². The molecule has 15 heteroatoms. The molecular formula is C40H47N5O8S2. The lowest BCUT2D eigenvalue weighted by molar-refractivity contribution is -0.154. The quantitative estimate of drug-likeness (QED) is 0.217. The summed E-state index contributed by atoms with van der Waals surface area (Å²) in [6, 6.07) is 10.2. The molecule has 3 saturated carbocycles. The van der Waals surface area contributed by atoms with E-state index in [1.54, 1.807) is 0 Å². The van der Waals surface area contributed by atoms with Gasteiger partial charge in [-0.3, -0.25) is 23.9 Å². The van der Waals surface area contributed by atoms with Crippen LogP contribution in [-0.4, -0.2) is 82.6 Å². The minimum atomic E-state index is -3.88. The number of nitrogens with one attached hydrogen (secondary N) is 2. The molecule has 0 radical (unpaired) electrons. The van der Waals surface area contributed by atoms with E-state index in [0.29, 0.717) is 42.4 Å². The Bertz CT molecular complexity index is 2080. The summed E-state index contributed by atoms with van der Waals surface area (Å²) in [5.74, 6) is -2.98. The second-order valence-corrected chi connectivity index (χ2v) is 18.5. The zero-order valence-electron chi connectivity index (χ0n) is 30.7. The third-order valence-corrected chi connectivity index (χ3v) is 14.2. The van der Waals surface area contributed by atoms with Crippen LogP contribution in [0, 0.1) is 11.8 Å². The first kappa shape index (κ1) is 37.5. The number of hydrogen-bond acceptors (Lipinski definition) is 11. The summed E-state index contributed by atoms with van der Waals surface area (Å²) in [6.45, 7) is 0.0298. The minimum absolute atomic E-state index is 0.0298. The first-order valence-corrected chi connectivity index (χ1v) is 22.0. The number of rotatable bonds is 9. The number of sulfonamides is 1. The molecule has 3 aliphatic carbocycles. The second kappa shape index (κ2) is 15.6. The molecule has 8 rings (SSSR count). The fourth-order valence-electron chi connectivity index (χ4n) is 8.22. The molecule has 4 heterocycles. The van der Waals surface area contributed by atoms with Crippen LogP contribution in [0.5, 0.6) is 5.88 Å². The van der Waals surface area contributed by atoms with E-state index in [-0.39, 0.29) is 43.7 Å². The van der Waals surface area contributed by atoms with Crippen molar-refractivity contribution in [2.75, 3.05) is 6.54 Å². The van der Waals surface area contributed by atoms with E-state index in [0.717, 1.165) is 49.8 Å². The maximum atomic E-state index is 14.7. The summed E-state index contributed by atoms with van der Waals surface area (Å²) in [5.41, 5.74) is 0.382. The normalized spacial score (nSPS) is 28.3. The number of carbonyl (C=O) groups excluding carboxylic acids is 4. The van der Waals surface area contributed by atoms with Crippen LogP contribution in [0.4, 0.5) is 0 Å². The van der Waals surface area contributed by atoms with Crippen molar-refractivity contribution >= 4 is 56.1 Å². The van der Waals surface area contributed by atoms with Gasteiger partial charge in [0.2, 0.25) is 27.7 Å². The molecule has 13 nitrogen and oxygen atoms in total. The number of fused-ring (bicyclic) bond motifs is 3. The van der Waals surface area contributed by atoms with E-state index >= 15 is 0 Å². The van der Waals surface area contributed by atoms with Crippen molar-refractivity contribution in [3.63, 3.8) is 0 Å². The van der Waals surface area contributed by atoms with Crippen LogP contribution in [0.3, 0.4) is 0 Å². The number of nitrogens with zero attached hydrogens (tertiary/aromatic N) is 3. The molecular weight excluding hydrogens is 743 g/mol. The Kier molecular flexibility index (Phi) is 10.7. The van der Waals surface area contributed by atoms with Crippen molar-refractivity contribution in [2.45, 2.75) is 119 Å². The van der Waals surface area contributed by atoms with Crippen molar-refractivity contribution in [1.82, 2.24) is 24.9 Å². The number of hydrogen-bond donors (Lipinski definition) is 2. The van der Waals surface area contributed by atoms with E-state index in [2.05, 4.69) is 10.0 Å². The smallest absolute Gasteiger partial charge is 0.306 e. The SMILES string of the molecule is O=C(C[C@H]1CCCCC/C=C\[C@@H]2C[C@@]2(C(=O)NS(=O)(=O)C2CC2)NC(=O)[C@@H]2C[C@@H](Oc3nc4ccccc4nc3-c3cccs3)CN2C1=O)OC1CCCC1. The average molecular weight is 790 g/mol. The van der Waals surface area contributed by atoms with Crippen LogP contribution in [0.1, 0.15) is 89.9 Å². The highest BCUT2D eigenvalue weighted by Crippen LogP contribution is 2.46. The molecule has 55 heavy (non-hydrogen) atoms. The first-order chi connectivity index (χ1) is 26.6. The minimum Gasteiger partial charge on any atom is -0.471 e. The van der Waals surface area contributed by atoms with Gasteiger partial charge in [0.15, 0.2) is 0 Å². The maximum Gasteiger partial charge on any atom is 0.306 e. The zero-order chi connectivity index (χ0) is 38.2. The van der Waals surface area contributed by atoms with Crippen LogP contribution < -0.4 is 14.8 Å². The summed E-state index contributed by atoms with van der Waals surface area (Å²) >= 11 is 1.49. The molecule has 2 aromatic heterocycles. The van der Waals surface area contributed by atoms with E-state index in [9.17, 15) is 27.6 Å². The third kappa shape index (κ3) is 8.28. The highest BCUT2D eigenvalue weighted by molar-refractivity contribution is 7.91. The number of esters is 1. The van der Waals surface area contributed by atoms with Crippen molar-refractivity contribution < 1.29 is 37.1 Å². The lowest BCUT2D eigenvalue weighted by atomic mass is 9.95. The summed E-state index contributed by atoms with van der Waals surface area (Å²) < 4.78 is 40.4. The molecule has 3 aromatic rings. The third-order valence-electron chi connectivity index (χ3n) is 11.5. The first-order valence-electron chi connectivity index (χ1n) is 19.6.